The van der Waals surface area contributed by atoms with Crippen molar-refractivity contribution in [3.05, 3.63) is 52.0 Å². The molecule has 0 bridgehead atoms. The van der Waals surface area contributed by atoms with Gasteiger partial charge in [-0.2, -0.15) is 0 Å². The number of para-hydroxylation sites is 2. The summed E-state index contributed by atoms with van der Waals surface area (Å²) in [6.45, 7) is 6.66. The number of guanidine groups is 1. The van der Waals surface area contributed by atoms with Gasteiger partial charge in [-0.25, -0.2) is 9.98 Å². The molecule has 0 saturated carbocycles. The first kappa shape index (κ1) is 20.7. The molecule has 0 radical (unpaired) electrons. The third kappa shape index (κ3) is 5.98. The first-order valence-corrected chi connectivity index (χ1v) is 9.57. The normalized spacial score (nSPS) is 11.4. The van der Waals surface area contributed by atoms with Crippen molar-refractivity contribution in [1.29, 1.82) is 0 Å². The number of hydrogen-bond donors (Lipinski definition) is 3. The molecule has 7 heteroatoms. The van der Waals surface area contributed by atoms with Gasteiger partial charge in [-0.05, 0) is 44.5 Å². The van der Waals surface area contributed by atoms with Gasteiger partial charge in [0.15, 0.2) is 5.96 Å². The average molecular weight is 483 g/mol. The lowest BCUT2D eigenvalue weighted by Gasteiger charge is -2.10. The molecule has 2 heterocycles. The van der Waals surface area contributed by atoms with E-state index in [0.717, 1.165) is 55.3 Å². The molecule has 0 saturated heterocycles. The molecule has 140 valence electrons. The monoisotopic (exact) mass is 483 g/mol. The van der Waals surface area contributed by atoms with Crippen LogP contribution in [0.25, 0.3) is 11.0 Å². The zero-order valence-electron chi connectivity index (χ0n) is 15.2. The summed E-state index contributed by atoms with van der Waals surface area (Å²) in [5, 5.41) is 6.70. The fourth-order valence-corrected chi connectivity index (χ4v) is 3.47. The maximum absolute atomic E-state index is 4.66. The highest BCUT2D eigenvalue weighted by atomic mass is 127. The molecule has 0 aliphatic heterocycles. The van der Waals surface area contributed by atoms with Crippen LogP contribution in [0.3, 0.4) is 0 Å². The van der Waals surface area contributed by atoms with E-state index in [9.17, 15) is 0 Å². The van der Waals surface area contributed by atoms with Gasteiger partial charge in [-0.3, -0.25) is 0 Å². The first-order chi connectivity index (χ1) is 12.2. The number of hydrogen-bond acceptors (Lipinski definition) is 3. The Kier molecular flexibility index (Phi) is 8.37. The second-order valence-corrected chi connectivity index (χ2v) is 7.31. The molecule has 1 aromatic carbocycles. The van der Waals surface area contributed by atoms with Gasteiger partial charge in [0.25, 0.3) is 0 Å². The quantitative estimate of drug-likeness (QED) is 0.204. The van der Waals surface area contributed by atoms with Crippen molar-refractivity contribution >= 4 is 52.3 Å². The smallest absolute Gasteiger partial charge is 0.191 e. The van der Waals surface area contributed by atoms with Gasteiger partial charge in [0, 0.05) is 29.3 Å². The summed E-state index contributed by atoms with van der Waals surface area (Å²) >= 11 is 1.80. The Morgan fingerprint density at radius 1 is 1.19 bits per heavy atom. The summed E-state index contributed by atoms with van der Waals surface area (Å²) in [7, 11) is 0. The Labute approximate surface area is 175 Å². The number of H-pyrrole nitrogens is 1. The van der Waals surface area contributed by atoms with Crippen LogP contribution in [0, 0.1) is 6.92 Å². The molecule has 3 aromatic rings. The van der Waals surface area contributed by atoms with Crippen LogP contribution >= 0.6 is 35.3 Å². The molecule has 26 heavy (non-hydrogen) atoms. The summed E-state index contributed by atoms with van der Waals surface area (Å²) in [4.78, 5) is 15.3. The molecule has 3 N–H and O–H groups in total. The number of aromatic nitrogens is 2. The van der Waals surface area contributed by atoms with E-state index in [4.69, 9.17) is 0 Å². The number of halogens is 1. The number of nitrogens with one attached hydrogen (secondary N) is 3. The van der Waals surface area contributed by atoms with Gasteiger partial charge < -0.3 is 15.6 Å². The lowest BCUT2D eigenvalue weighted by Crippen LogP contribution is -2.37. The summed E-state index contributed by atoms with van der Waals surface area (Å²) in [6.07, 6.45) is 1.92. The van der Waals surface area contributed by atoms with Crippen LogP contribution in [0.15, 0.2) is 41.4 Å². The number of aromatic amines is 1. The molecule has 0 atom stereocenters. The average Bonchev–Trinajstić information content (AvgIpc) is 3.21. The SMILES string of the molecule is CCNC(=NCc1ccc(C)s1)NCCCc1nc2ccccc2[nH]1.I. The lowest BCUT2D eigenvalue weighted by atomic mass is 10.3. The van der Waals surface area contributed by atoms with Crippen molar-refractivity contribution in [3.8, 4) is 0 Å². The Balaban J connectivity index is 0.00000243. The number of aliphatic imine (C=N–C) groups is 1. The molecule has 5 nitrogen and oxygen atoms in total. The van der Waals surface area contributed by atoms with Crippen molar-refractivity contribution in [1.82, 2.24) is 20.6 Å². The maximum Gasteiger partial charge on any atom is 0.191 e. The van der Waals surface area contributed by atoms with Crippen LogP contribution < -0.4 is 10.6 Å². The van der Waals surface area contributed by atoms with Crippen LogP contribution in [-0.2, 0) is 13.0 Å². The number of benzene rings is 1. The molecule has 0 fully saturated rings. The molecule has 0 spiro atoms. The summed E-state index contributed by atoms with van der Waals surface area (Å²) < 4.78 is 0. The van der Waals surface area contributed by atoms with Gasteiger partial charge in [0.1, 0.15) is 5.82 Å². The van der Waals surface area contributed by atoms with Crippen LogP contribution in [0.1, 0.15) is 28.9 Å². The number of nitrogens with zero attached hydrogens (tertiary/aromatic N) is 2. The molecule has 3 rings (SSSR count). The van der Waals surface area contributed by atoms with E-state index < -0.39 is 0 Å². The summed E-state index contributed by atoms with van der Waals surface area (Å²) in [5.41, 5.74) is 2.14. The van der Waals surface area contributed by atoms with Crippen molar-refractivity contribution in [2.24, 2.45) is 4.99 Å². The number of imidazole rings is 1. The lowest BCUT2D eigenvalue weighted by molar-refractivity contribution is 0.727. The minimum absolute atomic E-state index is 0. The van der Waals surface area contributed by atoms with E-state index in [1.807, 2.05) is 18.2 Å². The van der Waals surface area contributed by atoms with Crippen LogP contribution in [0.2, 0.25) is 0 Å². The van der Waals surface area contributed by atoms with Gasteiger partial charge in [0.2, 0.25) is 0 Å². The second-order valence-electron chi connectivity index (χ2n) is 5.94. The van der Waals surface area contributed by atoms with Crippen molar-refractivity contribution in [2.75, 3.05) is 13.1 Å². The first-order valence-electron chi connectivity index (χ1n) is 8.75. The third-order valence-electron chi connectivity index (χ3n) is 3.85. The summed E-state index contributed by atoms with van der Waals surface area (Å²) in [6, 6.07) is 12.4. The minimum atomic E-state index is 0. The minimum Gasteiger partial charge on any atom is -0.357 e. The third-order valence-corrected chi connectivity index (χ3v) is 4.84. The maximum atomic E-state index is 4.66. The zero-order chi connectivity index (χ0) is 17.5. The van der Waals surface area contributed by atoms with Crippen LogP contribution in [0.4, 0.5) is 0 Å². The molecule has 0 unspecified atom stereocenters. The Morgan fingerprint density at radius 2 is 2.04 bits per heavy atom. The number of rotatable bonds is 7. The Hall–Kier alpha value is -1.61. The topological polar surface area (TPSA) is 65.1 Å². The van der Waals surface area contributed by atoms with E-state index in [-0.39, 0.29) is 24.0 Å². The van der Waals surface area contributed by atoms with Gasteiger partial charge in [-0.15, -0.1) is 35.3 Å². The van der Waals surface area contributed by atoms with Crippen molar-refractivity contribution < 1.29 is 0 Å². The number of aryl methyl sites for hydroxylation is 2. The highest BCUT2D eigenvalue weighted by molar-refractivity contribution is 14.0. The van der Waals surface area contributed by atoms with E-state index in [1.165, 1.54) is 9.75 Å². The fraction of sp³-hybridized carbons (Fsp3) is 0.368. The van der Waals surface area contributed by atoms with Crippen molar-refractivity contribution in [3.63, 3.8) is 0 Å². The van der Waals surface area contributed by atoms with Gasteiger partial charge in [0.05, 0.1) is 17.6 Å². The predicted molar refractivity (Wildman–Crippen MR) is 122 cm³/mol. The van der Waals surface area contributed by atoms with E-state index >= 15 is 0 Å². The standard InChI is InChI=1S/C19H25N5S.HI/c1-3-20-19(22-13-15-11-10-14(2)25-15)21-12-6-9-18-23-16-7-4-5-8-17(16)24-18;/h4-5,7-8,10-11H,3,6,9,12-13H2,1-2H3,(H,23,24)(H2,20,21,22);1H. The highest BCUT2D eigenvalue weighted by Gasteiger charge is 2.03. The van der Waals surface area contributed by atoms with Gasteiger partial charge >= 0.3 is 0 Å². The highest BCUT2D eigenvalue weighted by Crippen LogP contribution is 2.15. The largest absolute Gasteiger partial charge is 0.357 e. The fourth-order valence-electron chi connectivity index (χ4n) is 2.66. The molecular weight excluding hydrogens is 457 g/mol. The van der Waals surface area contributed by atoms with E-state index in [0.29, 0.717) is 0 Å². The second kappa shape index (κ2) is 10.5. The summed E-state index contributed by atoms with van der Waals surface area (Å²) in [5.74, 6) is 1.91. The van der Waals surface area contributed by atoms with E-state index in [2.05, 4.69) is 57.6 Å². The van der Waals surface area contributed by atoms with Crippen molar-refractivity contribution in [2.45, 2.75) is 33.2 Å². The molecule has 2 aromatic heterocycles. The van der Waals surface area contributed by atoms with Gasteiger partial charge in [-0.1, -0.05) is 12.1 Å². The number of thiophene rings is 1. The predicted octanol–water partition coefficient (Wildman–Crippen LogP) is 4.24. The molecular formula is C19H26IN5S. The van der Waals surface area contributed by atoms with E-state index in [1.54, 1.807) is 11.3 Å². The molecule has 0 aliphatic rings. The molecule has 0 aliphatic carbocycles. The Morgan fingerprint density at radius 3 is 2.77 bits per heavy atom. The molecule has 0 amide bonds. The van der Waals surface area contributed by atoms with Crippen LogP contribution in [0.5, 0.6) is 0 Å². The number of fused-ring (bicyclic) bond motifs is 1. The Bertz CT molecular complexity index is 806. The van der Waals surface area contributed by atoms with Crippen LogP contribution in [-0.4, -0.2) is 29.0 Å². The zero-order valence-corrected chi connectivity index (χ0v) is 18.4.